The van der Waals surface area contributed by atoms with Gasteiger partial charge in [-0.2, -0.15) is 0 Å². The van der Waals surface area contributed by atoms with Crippen molar-refractivity contribution in [2.75, 3.05) is 6.54 Å². The third kappa shape index (κ3) is 3.69. The summed E-state index contributed by atoms with van der Waals surface area (Å²) in [6, 6.07) is 18.2. The molecule has 0 aliphatic heterocycles. The first-order valence-electron chi connectivity index (χ1n) is 9.26. The summed E-state index contributed by atoms with van der Waals surface area (Å²) in [5, 5.41) is 2.93. The lowest BCUT2D eigenvalue weighted by molar-refractivity contribution is 0.0945. The van der Waals surface area contributed by atoms with Gasteiger partial charge in [0.2, 0.25) is 0 Å². The number of furan rings is 1. The van der Waals surface area contributed by atoms with Crippen LogP contribution in [0.15, 0.2) is 71.3 Å². The van der Waals surface area contributed by atoms with Crippen LogP contribution in [0.3, 0.4) is 0 Å². The molecular formula is C23H21FN2O2. The number of hydrogen-bond acceptors (Lipinski definition) is 2. The summed E-state index contributed by atoms with van der Waals surface area (Å²) in [7, 11) is 0. The molecule has 4 nitrogen and oxygen atoms in total. The number of hydrogen-bond donors (Lipinski definition) is 1. The van der Waals surface area contributed by atoms with Crippen LogP contribution >= 0.6 is 0 Å². The molecule has 0 radical (unpaired) electrons. The number of aromatic nitrogens is 1. The third-order valence-electron chi connectivity index (χ3n) is 4.93. The molecule has 0 unspecified atom stereocenters. The third-order valence-corrected chi connectivity index (χ3v) is 4.93. The Morgan fingerprint density at radius 1 is 1.11 bits per heavy atom. The second kappa shape index (κ2) is 7.72. The van der Waals surface area contributed by atoms with Crippen LogP contribution in [0.25, 0.3) is 11.1 Å². The van der Waals surface area contributed by atoms with Crippen LogP contribution in [-0.2, 0) is 13.0 Å². The SMILES string of the molecule is Cc1ccccc1Cn1c(C(=O)NCCc2cccc(F)c2)cc2occc21. The van der Waals surface area contributed by atoms with Crippen molar-refractivity contribution in [3.8, 4) is 0 Å². The zero-order chi connectivity index (χ0) is 19.5. The van der Waals surface area contributed by atoms with Crippen molar-refractivity contribution >= 4 is 17.0 Å². The van der Waals surface area contributed by atoms with E-state index in [1.807, 2.05) is 28.8 Å². The maximum absolute atomic E-state index is 13.3. The van der Waals surface area contributed by atoms with Gasteiger partial charge >= 0.3 is 0 Å². The van der Waals surface area contributed by atoms with E-state index in [1.54, 1.807) is 18.4 Å². The molecule has 2 aromatic heterocycles. The standard InChI is InChI=1S/C23H21FN2O2/c1-16-5-2-3-7-18(16)15-26-20-10-12-28-22(20)14-21(26)23(27)25-11-9-17-6-4-8-19(24)13-17/h2-8,10,12-14H,9,11,15H2,1H3,(H,25,27). The van der Waals surface area contributed by atoms with Gasteiger partial charge < -0.3 is 14.3 Å². The molecule has 4 aromatic rings. The van der Waals surface area contributed by atoms with Gasteiger partial charge in [-0.3, -0.25) is 4.79 Å². The van der Waals surface area contributed by atoms with E-state index in [0.29, 0.717) is 30.8 Å². The predicted molar refractivity (Wildman–Crippen MR) is 107 cm³/mol. The Morgan fingerprint density at radius 2 is 1.96 bits per heavy atom. The summed E-state index contributed by atoms with van der Waals surface area (Å²) in [6.07, 6.45) is 2.20. The van der Waals surface area contributed by atoms with Gasteiger partial charge in [0, 0.05) is 25.2 Å². The molecule has 0 aliphatic rings. The van der Waals surface area contributed by atoms with Crippen molar-refractivity contribution in [3.63, 3.8) is 0 Å². The molecule has 0 saturated heterocycles. The molecule has 5 heteroatoms. The Balaban J connectivity index is 1.53. The van der Waals surface area contributed by atoms with Crippen molar-refractivity contribution in [2.45, 2.75) is 19.9 Å². The van der Waals surface area contributed by atoms with Gasteiger partial charge in [-0.15, -0.1) is 0 Å². The molecule has 142 valence electrons. The number of nitrogens with one attached hydrogen (secondary N) is 1. The summed E-state index contributed by atoms with van der Waals surface area (Å²) in [4.78, 5) is 12.8. The second-order valence-electron chi connectivity index (χ2n) is 6.85. The molecule has 0 spiro atoms. The van der Waals surface area contributed by atoms with E-state index in [-0.39, 0.29) is 11.7 Å². The number of fused-ring (bicyclic) bond motifs is 1. The second-order valence-corrected chi connectivity index (χ2v) is 6.85. The van der Waals surface area contributed by atoms with Crippen molar-refractivity contribution in [2.24, 2.45) is 0 Å². The number of amides is 1. The van der Waals surface area contributed by atoms with Crippen LogP contribution in [0.4, 0.5) is 4.39 Å². The maximum Gasteiger partial charge on any atom is 0.268 e. The van der Waals surface area contributed by atoms with Crippen LogP contribution in [0.1, 0.15) is 27.2 Å². The maximum atomic E-state index is 13.3. The topological polar surface area (TPSA) is 47.2 Å². The van der Waals surface area contributed by atoms with Crippen LogP contribution in [0.2, 0.25) is 0 Å². The largest absolute Gasteiger partial charge is 0.463 e. The van der Waals surface area contributed by atoms with Crippen LogP contribution in [0.5, 0.6) is 0 Å². The molecular weight excluding hydrogens is 355 g/mol. The Kier molecular flexibility index (Phi) is 4.98. The zero-order valence-corrected chi connectivity index (χ0v) is 15.6. The van der Waals surface area contributed by atoms with Gasteiger partial charge in [-0.25, -0.2) is 4.39 Å². The number of benzene rings is 2. The highest BCUT2D eigenvalue weighted by Gasteiger charge is 2.18. The van der Waals surface area contributed by atoms with E-state index in [9.17, 15) is 9.18 Å². The molecule has 0 bridgehead atoms. The Labute approximate surface area is 162 Å². The van der Waals surface area contributed by atoms with Gasteiger partial charge in [0.1, 0.15) is 11.5 Å². The highest BCUT2D eigenvalue weighted by molar-refractivity contribution is 5.97. The van der Waals surface area contributed by atoms with Crippen LogP contribution in [-0.4, -0.2) is 17.0 Å². The van der Waals surface area contributed by atoms with E-state index < -0.39 is 0 Å². The van der Waals surface area contributed by atoms with E-state index in [2.05, 4.69) is 24.4 Å². The highest BCUT2D eigenvalue weighted by atomic mass is 19.1. The molecule has 1 amide bonds. The molecule has 0 saturated carbocycles. The Bertz CT molecular complexity index is 1130. The lowest BCUT2D eigenvalue weighted by Gasteiger charge is -2.12. The molecule has 2 aromatic carbocycles. The fraction of sp³-hybridized carbons (Fsp3) is 0.174. The van der Waals surface area contributed by atoms with Gasteiger partial charge in [-0.1, -0.05) is 36.4 Å². The first-order chi connectivity index (χ1) is 13.6. The quantitative estimate of drug-likeness (QED) is 0.530. The van der Waals surface area contributed by atoms with Crippen LogP contribution < -0.4 is 5.32 Å². The molecule has 0 aliphatic carbocycles. The zero-order valence-electron chi connectivity index (χ0n) is 15.6. The smallest absolute Gasteiger partial charge is 0.268 e. The number of rotatable bonds is 6. The summed E-state index contributed by atoms with van der Waals surface area (Å²) in [5.74, 6) is -0.437. The first-order valence-corrected chi connectivity index (χ1v) is 9.26. The highest BCUT2D eigenvalue weighted by Crippen LogP contribution is 2.23. The summed E-state index contributed by atoms with van der Waals surface area (Å²) in [5.41, 5.74) is 5.30. The minimum Gasteiger partial charge on any atom is -0.463 e. The Hall–Kier alpha value is -3.34. The van der Waals surface area contributed by atoms with E-state index in [1.165, 1.54) is 17.7 Å². The number of aryl methyl sites for hydroxylation is 1. The monoisotopic (exact) mass is 376 g/mol. The van der Waals surface area contributed by atoms with Crippen LogP contribution in [0, 0.1) is 12.7 Å². The summed E-state index contributed by atoms with van der Waals surface area (Å²) >= 11 is 0. The number of carbonyl (C=O) groups excluding carboxylic acids is 1. The number of halogens is 1. The molecule has 1 N–H and O–H groups in total. The van der Waals surface area contributed by atoms with Crippen molar-refractivity contribution in [1.82, 2.24) is 9.88 Å². The van der Waals surface area contributed by atoms with E-state index >= 15 is 0 Å². The Morgan fingerprint density at radius 3 is 2.79 bits per heavy atom. The minimum absolute atomic E-state index is 0.170. The molecule has 28 heavy (non-hydrogen) atoms. The lowest BCUT2D eigenvalue weighted by atomic mass is 10.1. The average molecular weight is 376 g/mol. The molecule has 2 heterocycles. The fourth-order valence-corrected chi connectivity index (χ4v) is 3.40. The van der Waals surface area contributed by atoms with Gasteiger partial charge in [0.25, 0.3) is 5.91 Å². The number of nitrogens with zero attached hydrogens (tertiary/aromatic N) is 1. The van der Waals surface area contributed by atoms with Gasteiger partial charge in [0.05, 0.1) is 11.8 Å². The number of carbonyl (C=O) groups is 1. The lowest BCUT2D eigenvalue weighted by Crippen LogP contribution is -2.28. The fourth-order valence-electron chi connectivity index (χ4n) is 3.40. The van der Waals surface area contributed by atoms with Crippen molar-refractivity contribution < 1.29 is 13.6 Å². The van der Waals surface area contributed by atoms with Crippen molar-refractivity contribution in [3.05, 3.63) is 95.1 Å². The van der Waals surface area contributed by atoms with Gasteiger partial charge in [-0.05, 0) is 42.2 Å². The minimum atomic E-state index is -0.267. The molecule has 4 rings (SSSR count). The summed E-state index contributed by atoms with van der Waals surface area (Å²) < 4.78 is 20.8. The van der Waals surface area contributed by atoms with Gasteiger partial charge in [0.15, 0.2) is 5.58 Å². The molecule has 0 fully saturated rings. The summed E-state index contributed by atoms with van der Waals surface area (Å²) in [6.45, 7) is 3.08. The first kappa shape index (κ1) is 18.0. The van der Waals surface area contributed by atoms with E-state index in [0.717, 1.165) is 16.6 Å². The van der Waals surface area contributed by atoms with E-state index in [4.69, 9.17) is 4.42 Å². The molecule has 0 atom stereocenters. The average Bonchev–Trinajstić information content (AvgIpc) is 3.26. The predicted octanol–water partition coefficient (Wildman–Crippen LogP) is 4.70. The van der Waals surface area contributed by atoms with Crippen molar-refractivity contribution in [1.29, 1.82) is 0 Å². The normalized spacial score (nSPS) is 11.1.